The number of nitrogens with one attached hydrogen (secondary N) is 2. The fourth-order valence-electron chi connectivity index (χ4n) is 2.24. The summed E-state index contributed by atoms with van der Waals surface area (Å²) >= 11 is 1.64. The maximum Gasteiger partial charge on any atom is 0.329 e. The number of thioether (sulfide) groups is 1. The Kier molecular flexibility index (Phi) is 5.24. The minimum Gasteiger partial charge on any atom is -0.464 e. The summed E-state index contributed by atoms with van der Waals surface area (Å²) in [5.41, 5.74) is 0. The van der Waals surface area contributed by atoms with Crippen LogP contribution in [0.15, 0.2) is 0 Å². The highest BCUT2D eigenvalue weighted by molar-refractivity contribution is 7.99. The molecule has 0 spiro atoms. The third-order valence-corrected chi connectivity index (χ3v) is 4.30. The van der Waals surface area contributed by atoms with E-state index in [1.165, 1.54) is 0 Å². The number of carbonyl (C=O) groups excluding carboxylic acids is 3. The summed E-state index contributed by atoms with van der Waals surface area (Å²) in [5, 5.41) is 5.55. The minimum absolute atomic E-state index is 0.120. The van der Waals surface area contributed by atoms with Crippen molar-refractivity contribution in [3.63, 3.8) is 0 Å². The van der Waals surface area contributed by atoms with Gasteiger partial charge in [-0.3, -0.25) is 14.9 Å². The highest BCUT2D eigenvalue weighted by atomic mass is 32.2. The predicted octanol–water partition coefficient (Wildman–Crippen LogP) is -1.42. The Bertz CT molecular complexity index is 394. The first-order valence-electron chi connectivity index (χ1n) is 6.68. The number of hydrogen-bond acceptors (Lipinski definition) is 6. The zero-order valence-electron chi connectivity index (χ0n) is 11.4. The van der Waals surface area contributed by atoms with Crippen molar-refractivity contribution in [2.45, 2.75) is 19.0 Å². The summed E-state index contributed by atoms with van der Waals surface area (Å²) in [6.07, 6.45) is 0. The van der Waals surface area contributed by atoms with E-state index in [1.807, 2.05) is 0 Å². The molecule has 112 valence electrons. The fraction of sp³-hybridized carbons (Fsp3) is 0.750. The van der Waals surface area contributed by atoms with E-state index in [0.717, 1.165) is 5.75 Å². The monoisotopic (exact) mass is 301 g/mol. The highest BCUT2D eigenvalue weighted by Gasteiger charge is 2.37. The first kappa shape index (κ1) is 15.1. The summed E-state index contributed by atoms with van der Waals surface area (Å²) in [5.74, 6) is 0.742. The molecule has 0 bridgehead atoms. The van der Waals surface area contributed by atoms with E-state index in [1.54, 1.807) is 23.6 Å². The molecule has 0 aromatic heterocycles. The summed E-state index contributed by atoms with van der Waals surface area (Å²) in [6.45, 7) is 2.97. The second kappa shape index (κ2) is 6.94. The number of ether oxygens (including phenoxy) is 1. The Balaban J connectivity index is 2.01. The van der Waals surface area contributed by atoms with Gasteiger partial charge in [0, 0.05) is 24.6 Å². The second-order valence-electron chi connectivity index (χ2n) is 4.61. The first-order valence-corrected chi connectivity index (χ1v) is 7.84. The molecule has 2 N–H and O–H groups in total. The molecule has 20 heavy (non-hydrogen) atoms. The summed E-state index contributed by atoms with van der Waals surface area (Å²) in [7, 11) is 0. The predicted molar refractivity (Wildman–Crippen MR) is 74.3 cm³/mol. The molecule has 0 saturated carbocycles. The highest BCUT2D eigenvalue weighted by Crippen LogP contribution is 2.19. The van der Waals surface area contributed by atoms with Crippen LogP contribution in [-0.2, 0) is 19.1 Å². The third kappa shape index (κ3) is 3.43. The molecule has 0 aliphatic carbocycles. The van der Waals surface area contributed by atoms with Crippen LogP contribution in [-0.4, -0.2) is 72.5 Å². The molecular weight excluding hydrogens is 282 g/mol. The molecule has 2 aliphatic heterocycles. The van der Waals surface area contributed by atoms with Gasteiger partial charge in [0.2, 0.25) is 11.8 Å². The van der Waals surface area contributed by atoms with Crippen LogP contribution < -0.4 is 10.6 Å². The van der Waals surface area contributed by atoms with E-state index < -0.39 is 12.1 Å². The Labute approximate surface area is 121 Å². The molecule has 2 heterocycles. The molecule has 2 unspecified atom stereocenters. The van der Waals surface area contributed by atoms with Crippen molar-refractivity contribution in [2.24, 2.45) is 0 Å². The van der Waals surface area contributed by atoms with Crippen molar-refractivity contribution < 1.29 is 19.1 Å². The summed E-state index contributed by atoms with van der Waals surface area (Å²) in [4.78, 5) is 37.1. The van der Waals surface area contributed by atoms with Gasteiger partial charge in [-0.2, -0.15) is 11.8 Å². The maximum absolute atomic E-state index is 12.5. The Morgan fingerprint density at radius 3 is 2.95 bits per heavy atom. The molecule has 2 fully saturated rings. The molecule has 2 amide bonds. The Morgan fingerprint density at radius 1 is 1.50 bits per heavy atom. The third-order valence-electron chi connectivity index (χ3n) is 3.28. The van der Waals surface area contributed by atoms with Gasteiger partial charge in [0.05, 0.1) is 13.2 Å². The van der Waals surface area contributed by atoms with E-state index in [4.69, 9.17) is 4.74 Å². The number of nitrogens with zero attached hydrogens (tertiary/aromatic N) is 1. The number of piperazine rings is 1. The number of carbonyl (C=O) groups is 3. The van der Waals surface area contributed by atoms with Crippen molar-refractivity contribution >= 4 is 29.5 Å². The maximum atomic E-state index is 12.5. The first-order chi connectivity index (χ1) is 9.63. The molecular formula is C12H19N3O4S. The zero-order chi connectivity index (χ0) is 14.5. The van der Waals surface area contributed by atoms with E-state index in [0.29, 0.717) is 18.9 Å². The van der Waals surface area contributed by atoms with E-state index in [9.17, 15) is 14.4 Å². The van der Waals surface area contributed by atoms with Gasteiger partial charge in [0.15, 0.2) is 0 Å². The van der Waals surface area contributed by atoms with Crippen LogP contribution in [0.3, 0.4) is 0 Å². The average molecular weight is 301 g/mol. The quantitative estimate of drug-likeness (QED) is 0.622. The lowest BCUT2D eigenvalue weighted by Gasteiger charge is -2.37. The van der Waals surface area contributed by atoms with Crippen LogP contribution in [0.25, 0.3) is 0 Å². The van der Waals surface area contributed by atoms with Gasteiger partial charge < -0.3 is 15.0 Å². The minimum atomic E-state index is -0.527. The van der Waals surface area contributed by atoms with Crippen molar-refractivity contribution in [3.8, 4) is 0 Å². The van der Waals surface area contributed by atoms with Crippen molar-refractivity contribution in [1.29, 1.82) is 0 Å². The van der Waals surface area contributed by atoms with Gasteiger partial charge in [-0.15, -0.1) is 0 Å². The number of rotatable bonds is 3. The molecule has 2 saturated heterocycles. The Hall–Kier alpha value is -1.28. The Morgan fingerprint density at radius 2 is 2.30 bits per heavy atom. The van der Waals surface area contributed by atoms with Crippen LogP contribution in [0.4, 0.5) is 0 Å². The molecule has 2 aliphatic rings. The summed E-state index contributed by atoms with van der Waals surface area (Å²) < 4.78 is 5.03. The lowest BCUT2D eigenvalue weighted by atomic mass is 10.1. The van der Waals surface area contributed by atoms with E-state index in [2.05, 4.69) is 10.6 Å². The van der Waals surface area contributed by atoms with Crippen LogP contribution in [0.2, 0.25) is 0 Å². The van der Waals surface area contributed by atoms with Crippen molar-refractivity contribution in [2.75, 3.05) is 37.7 Å². The fourth-order valence-corrected chi connectivity index (χ4v) is 3.27. The van der Waals surface area contributed by atoms with Gasteiger partial charge in [-0.25, -0.2) is 4.79 Å². The number of amides is 2. The smallest absolute Gasteiger partial charge is 0.329 e. The SMILES string of the molecule is CCOC(=O)C1CSCCN1C(=O)C1CNC(=O)CN1. The molecule has 0 radical (unpaired) electrons. The number of esters is 1. The van der Waals surface area contributed by atoms with Crippen molar-refractivity contribution in [3.05, 3.63) is 0 Å². The summed E-state index contributed by atoms with van der Waals surface area (Å²) in [6, 6.07) is -0.992. The second-order valence-corrected chi connectivity index (χ2v) is 5.76. The molecule has 8 heteroatoms. The van der Waals surface area contributed by atoms with Gasteiger partial charge in [0.25, 0.3) is 0 Å². The zero-order valence-corrected chi connectivity index (χ0v) is 12.2. The van der Waals surface area contributed by atoms with Crippen molar-refractivity contribution in [1.82, 2.24) is 15.5 Å². The van der Waals surface area contributed by atoms with Gasteiger partial charge in [-0.1, -0.05) is 0 Å². The lowest BCUT2D eigenvalue weighted by Crippen LogP contribution is -2.62. The van der Waals surface area contributed by atoms with E-state index in [-0.39, 0.29) is 30.9 Å². The van der Waals surface area contributed by atoms with Gasteiger partial charge >= 0.3 is 5.97 Å². The van der Waals surface area contributed by atoms with Crippen LogP contribution in [0, 0.1) is 0 Å². The molecule has 2 atom stereocenters. The van der Waals surface area contributed by atoms with Crippen LogP contribution >= 0.6 is 11.8 Å². The van der Waals surface area contributed by atoms with E-state index >= 15 is 0 Å². The molecule has 7 nitrogen and oxygen atoms in total. The van der Waals surface area contributed by atoms with Crippen LogP contribution in [0.5, 0.6) is 0 Å². The van der Waals surface area contributed by atoms with Gasteiger partial charge in [0.1, 0.15) is 12.1 Å². The largest absolute Gasteiger partial charge is 0.464 e. The standard InChI is InChI=1S/C12H19N3O4S/c1-2-19-12(18)9-7-20-4-3-15(9)11(17)8-5-14-10(16)6-13-8/h8-9,13H,2-7H2,1H3,(H,14,16). The topological polar surface area (TPSA) is 87.7 Å². The number of hydrogen-bond donors (Lipinski definition) is 2. The normalized spacial score (nSPS) is 26.9. The molecule has 2 rings (SSSR count). The average Bonchev–Trinajstić information content (AvgIpc) is 2.47. The molecule has 0 aromatic rings. The van der Waals surface area contributed by atoms with Crippen LogP contribution in [0.1, 0.15) is 6.92 Å². The lowest BCUT2D eigenvalue weighted by molar-refractivity contribution is -0.154. The van der Waals surface area contributed by atoms with Gasteiger partial charge in [-0.05, 0) is 6.92 Å². The molecule has 0 aromatic carbocycles.